The van der Waals surface area contributed by atoms with Crippen molar-refractivity contribution in [1.82, 2.24) is 5.32 Å². The van der Waals surface area contributed by atoms with E-state index in [4.69, 9.17) is 4.79 Å². The highest BCUT2D eigenvalue weighted by atomic mass is 16.1. The Morgan fingerprint density at radius 3 is 2.33 bits per heavy atom. The van der Waals surface area contributed by atoms with Gasteiger partial charge in [0.15, 0.2) is 0 Å². The Morgan fingerprint density at radius 1 is 1.67 bits per heavy atom. The summed E-state index contributed by atoms with van der Waals surface area (Å²) in [5, 5.41) is 2.68. The molecule has 9 heavy (non-hydrogen) atoms. The van der Waals surface area contributed by atoms with Crippen LogP contribution in [0.25, 0.3) is 0 Å². The van der Waals surface area contributed by atoms with E-state index < -0.39 is 0 Å². The van der Waals surface area contributed by atoms with Gasteiger partial charge in [-0.15, -0.1) is 0 Å². The molecule has 0 spiro atoms. The zero-order valence-corrected chi connectivity index (χ0v) is 5.09. The summed E-state index contributed by atoms with van der Waals surface area (Å²) in [6.07, 6.45) is 2.01. The van der Waals surface area contributed by atoms with Gasteiger partial charge in [0.05, 0.1) is 0 Å². The highest BCUT2D eigenvalue weighted by Gasteiger charge is 2.05. The van der Waals surface area contributed by atoms with Gasteiger partial charge in [0.1, 0.15) is 0 Å². The van der Waals surface area contributed by atoms with Crippen molar-refractivity contribution in [3.8, 4) is 0 Å². The van der Waals surface area contributed by atoms with Crippen LogP contribution < -0.4 is 11.1 Å². The minimum Gasteiger partial charge on any atom is -0.372 e. The molecule has 4 heteroatoms. The summed E-state index contributed by atoms with van der Waals surface area (Å²) in [6.45, 7) is 0.888. The van der Waals surface area contributed by atoms with Crippen molar-refractivity contribution < 1.29 is 9.59 Å². The van der Waals surface area contributed by atoms with Gasteiger partial charge < -0.3 is 11.1 Å². The van der Waals surface area contributed by atoms with Crippen LogP contribution in [-0.2, 0) is 9.59 Å². The van der Waals surface area contributed by atoms with E-state index in [0.29, 0.717) is 0 Å². The number of primary amides is 1. The third-order valence-electron chi connectivity index (χ3n) is 0.903. The Bertz CT molecular complexity index is 95.1. The van der Waals surface area contributed by atoms with Crippen molar-refractivity contribution in [3.05, 3.63) is 0 Å². The third-order valence-corrected chi connectivity index (χ3v) is 0.903. The number of carbonyl (C=O) groups excluding carboxylic acids is 2. The standard InChI is InChI=1S/C4H7NO.CH3NO/c6-4-2-1-3-5-4;2-1-3/h1-3H2,(H,5,6);1H,(H2,2,3). The zero-order chi connectivity index (χ0) is 7.11. The monoisotopic (exact) mass is 130 g/mol. The molecular weight excluding hydrogens is 120 g/mol. The molecule has 4 nitrogen and oxygen atoms in total. The molecule has 0 aliphatic carbocycles. The molecule has 0 bridgehead atoms. The van der Waals surface area contributed by atoms with Gasteiger partial charge >= 0.3 is 0 Å². The van der Waals surface area contributed by atoms with Crippen LogP contribution in [0.2, 0.25) is 0 Å². The lowest BCUT2D eigenvalue weighted by Crippen LogP contribution is -2.12. The summed E-state index contributed by atoms with van der Waals surface area (Å²) in [7, 11) is 0. The van der Waals surface area contributed by atoms with E-state index in [9.17, 15) is 4.79 Å². The molecule has 0 aromatic heterocycles. The summed E-state index contributed by atoms with van der Waals surface area (Å²) in [6, 6.07) is 0. The number of amides is 2. The number of hydrogen-bond donors (Lipinski definition) is 2. The van der Waals surface area contributed by atoms with Gasteiger partial charge in [-0.1, -0.05) is 0 Å². The van der Waals surface area contributed by atoms with Gasteiger partial charge in [-0.2, -0.15) is 0 Å². The van der Waals surface area contributed by atoms with Crippen molar-refractivity contribution in [2.24, 2.45) is 5.73 Å². The summed E-state index contributed by atoms with van der Waals surface area (Å²) in [5.74, 6) is 0.204. The van der Waals surface area contributed by atoms with E-state index >= 15 is 0 Å². The van der Waals surface area contributed by atoms with E-state index in [-0.39, 0.29) is 12.3 Å². The molecule has 0 saturated carbocycles. The number of nitrogens with two attached hydrogens (primary N) is 1. The van der Waals surface area contributed by atoms with Crippen molar-refractivity contribution in [2.75, 3.05) is 6.54 Å². The second-order valence-corrected chi connectivity index (χ2v) is 1.59. The van der Waals surface area contributed by atoms with Crippen LogP contribution in [0.15, 0.2) is 0 Å². The third kappa shape index (κ3) is 4.80. The molecule has 0 unspecified atom stereocenters. The van der Waals surface area contributed by atoms with Gasteiger partial charge in [0.25, 0.3) is 0 Å². The normalized spacial score (nSPS) is 15.3. The van der Waals surface area contributed by atoms with Gasteiger partial charge in [-0.25, -0.2) is 0 Å². The Balaban J connectivity index is 0.000000187. The SMILES string of the molecule is NC=O.O=C1CCCN1. The molecule has 1 heterocycles. The summed E-state index contributed by atoms with van der Waals surface area (Å²) < 4.78 is 0. The minimum absolute atomic E-state index is 0.204. The fraction of sp³-hybridized carbons (Fsp3) is 0.600. The molecule has 2 amide bonds. The predicted octanol–water partition coefficient (Wildman–Crippen LogP) is -1.00. The fourth-order valence-electron chi connectivity index (χ4n) is 0.565. The van der Waals surface area contributed by atoms with Crippen molar-refractivity contribution in [2.45, 2.75) is 12.8 Å². The van der Waals surface area contributed by atoms with Crippen LogP contribution in [0.4, 0.5) is 0 Å². The smallest absolute Gasteiger partial charge is 0.220 e. The Kier molecular flexibility index (Phi) is 4.49. The van der Waals surface area contributed by atoms with Crippen molar-refractivity contribution in [3.63, 3.8) is 0 Å². The lowest BCUT2D eigenvalue weighted by molar-refractivity contribution is -0.119. The van der Waals surface area contributed by atoms with E-state index in [1.54, 1.807) is 0 Å². The molecular formula is C5H10N2O2. The molecule has 0 radical (unpaired) electrons. The lowest BCUT2D eigenvalue weighted by atomic mass is 10.4. The fourth-order valence-corrected chi connectivity index (χ4v) is 0.565. The van der Waals surface area contributed by atoms with Crippen LogP contribution >= 0.6 is 0 Å². The second-order valence-electron chi connectivity index (χ2n) is 1.59. The van der Waals surface area contributed by atoms with E-state index in [1.807, 2.05) is 0 Å². The van der Waals surface area contributed by atoms with Crippen LogP contribution in [0.1, 0.15) is 12.8 Å². The molecule has 52 valence electrons. The van der Waals surface area contributed by atoms with Gasteiger partial charge in [-0.05, 0) is 6.42 Å². The average Bonchev–Trinajstić information content (AvgIpc) is 2.20. The van der Waals surface area contributed by atoms with Gasteiger partial charge in [0, 0.05) is 13.0 Å². The maximum atomic E-state index is 10.1. The average molecular weight is 130 g/mol. The number of nitrogens with one attached hydrogen (secondary N) is 1. The first-order valence-corrected chi connectivity index (χ1v) is 2.73. The highest BCUT2D eigenvalue weighted by Crippen LogP contribution is 1.93. The molecule has 1 aliphatic heterocycles. The lowest BCUT2D eigenvalue weighted by Gasteiger charge is -1.80. The minimum atomic E-state index is 0.204. The first-order valence-electron chi connectivity index (χ1n) is 2.73. The van der Waals surface area contributed by atoms with Crippen LogP contribution in [-0.4, -0.2) is 18.9 Å². The predicted molar refractivity (Wildman–Crippen MR) is 32.5 cm³/mol. The number of hydrogen-bond acceptors (Lipinski definition) is 2. The van der Waals surface area contributed by atoms with Crippen LogP contribution in [0.5, 0.6) is 0 Å². The Morgan fingerprint density at radius 2 is 2.22 bits per heavy atom. The highest BCUT2D eigenvalue weighted by molar-refractivity contribution is 5.77. The van der Waals surface area contributed by atoms with Gasteiger partial charge in [-0.3, -0.25) is 9.59 Å². The maximum Gasteiger partial charge on any atom is 0.220 e. The molecule has 3 N–H and O–H groups in total. The molecule has 0 atom stereocenters. The number of rotatable bonds is 0. The first kappa shape index (κ1) is 7.94. The zero-order valence-electron chi connectivity index (χ0n) is 5.09. The second kappa shape index (κ2) is 5.08. The topological polar surface area (TPSA) is 72.2 Å². The van der Waals surface area contributed by atoms with E-state index in [0.717, 1.165) is 19.4 Å². The Hall–Kier alpha value is -1.06. The van der Waals surface area contributed by atoms with Gasteiger partial charge in [0.2, 0.25) is 12.3 Å². The quantitative estimate of drug-likeness (QED) is 0.413. The molecule has 0 aromatic carbocycles. The van der Waals surface area contributed by atoms with Crippen LogP contribution in [0.3, 0.4) is 0 Å². The van der Waals surface area contributed by atoms with E-state index in [1.165, 1.54) is 0 Å². The maximum absolute atomic E-state index is 10.1. The molecule has 1 aliphatic rings. The summed E-state index contributed by atoms with van der Waals surface area (Å²) in [5.41, 5.74) is 4.17. The molecule has 1 fully saturated rings. The first-order chi connectivity index (χ1) is 4.31. The summed E-state index contributed by atoms with van der Waals surface area (Å²) >= 11 is 0. The van der Waals surface area contributed by atoms with Crippen molar-refractivity contribution >= 4 is 12.3 Å². The number of carbonyl (C=O) groups is 2. The van der Waals surface area contributed by atoms with Crippen LogP contribution in [0, 0.1) is 0 Å². The Labute approximate surface area is 53.4 Å². The van der Waals surface area contributed by atoms with E-state index in [2.05, 4.69) is 11.1 Å². The largest absolute Gasteiger partial charge is 0.372 e. The van der Waals surface area contributed by atoms with Crippen molar-refractivity contribution in [1.29, 1.82) is 0 Å². The molecule has 0 aromatic rings. The molecule has 1 saturated heterocycles. The molecule has 1 rings (SSSR count). The summed E-state index contributed by atoms with van der Waals surface area (Å²) in [4.78, 5) is 18.7.